The number of carbonyl (C=O) groups is 3. The molecule has 2 amide bonds. The number of hydrogen-bond acceptors (Lipinski definition) is 8. The van der Waals surface area contributed by atoms with Gasteiger partial charge in [-0.25, -0.2) is 4.79 Å². The molecule has 1 aliphatic heterocycles. The number of thioether (sulfide) groups is 1. The van der Waals surface area contributed by atoms with E-state index in [1.165, 1.54) is 49.1 Å². The fraction of sp³-hybridized carbons (Fsp3) is 0.333. The fourth-order valence-electron chi connectivity index (χ4n) is 3.27. The summed E-state index contributed by atoms with van der Waals surface area (Å²) in [5.74, 6) is -0.386. The minimum Gasteiger partial charge on any atom is -0.507 e. The molecule has 3 rings (SSSR count). The van der Waals surface area contributed by atoms with E-state index in [0.717, 1.165) is 0 Å². The number of benzene rings is 1. The lowest BCUT2D eigenvalue weighted by Crippen LogP contribution is -2.52. The number of nitrogens with zero attached hydrogens (tertiary/aromatic N) is 2. The predicted octanol–water partition coefficient (Wildman–Crippen LogP) is 2.48. The molecule has 3 N–H and O–H groups in total. The van der Waals surface area contributed by atoms with Crippen LogP contribution >= 0.6 is 23.1 Å². The molecule has 8 nitrogen and oxygen atoms in total. The molecule has 0 radical (unpaired) electrons. The quantitative estimate of drug-likeness (QED) is 0.441. The van der Waals surface area contributed by atoms with Gasteiger partial charge in [-0.15, -0.1) is 0 Å². The van der Waals surface area contributed by atoms with Gasteiger partial charge in [-0.05, 0) is 25.1 Å². The van der Waals surface area contributed by atoms with Gasteiger partial charge in [-0.3, -0.25) is 9.59 Å². The Morgan fingerprint density at radius 3 is 2.61 bits per heavy atom. The third-order valence-electron chi connectivity index (χ3n) is 4.57. The number of aromatic hydroxyl groups is 1. The largest absolute Gasteiger partial charge is 0.507 e. The number of aromatic nitrogens is 1. The highest BCUT2D eigenvalue weighted by Crippen LogP contribution is 2.51. The summed E-state index contributed by atoms with van der Waals surface area (Å²) in [6.07, 6.45) is 0. The summed E-state index contributed by atoms with van der Waals surface area (Å²) in [6, 6.07) is 4.48. The summed E-state index contributed by atoms with van der Waals surface area (Å²) >= 11 is 2.74. The van der Waals surface area contributed by atoms with E-state index in [4.69, 9.17) is 10.5 Å². The van der Waals surface area contributed by atoms with Crippen LogP contribution in [-0.4, -0.2) is 40.2 Å². The number of carbonyl (C=O) groups excluding carboxylic acids is 3. The van der Waals surface area contributed by atoms with Gasteiger partial charge < -0.3 is 15.6 Å². The molecule has 1 aliphatic rings. The summed E-state index contributed by atoms with van der Waals surface area (Å²) in [6.45, 7) is 4.94. The van der Waals surface area contributed by atoms with E-state index in [1.54, 1.807) is 13.0 Å². The topological polar surface area (TPSA) is 120 Å². The highest BCUT2D eigenvalue weighted by Gasteiger charge is 2.53. The number of phenolic OH excluding ortho intramolecular Hbond substituents is 1. The average Bonchev–Trinajstić information content (AvgIpc) is 3.20. The Morgan fingerprint density at radius 2 is 2.04 bits per heavy atom. The SMILES string of the molecule is CC(=O)Oc1ccc(O)c(C2SCC[N+]2(C(C)=O)c2nc(C(N)=O)c(C)s2)c1. The van der Waals surface area contributed by atoms with E-state index in [0.29, 0.717) is 27.9 Å². The first kappa shape index (κ1) is 20.3. The number of nitrogens with two attached hydrogens (primary N) is 1. The van der Waals surface area contributed by atoms with Crippen molar-refractivity contribution in [1.29, 1.82) is 0 Å². The van der Waals surface area contributed by atoms with Crippen molar-refractivity contribution in [1.82, 2.24) is 9.47 Å². The van der Waals surface area contributed by atoms with Crippen LogP contribution in [0.2, 0.25) is 0 Å². The van der Waals surface area contributed by atoms with Gasteiger partial charge in [-0.2, -0.15) is 9.47 Å². The van der Waals surface area contributed by atoms with Crippen molar-refractivity contribution in [3.8, 4) is 11.5 Å². The number of hydrogen-bond donors (Lipinski definition) is 2. The molecule has 28 heavy (non-hydrogen) atoms. The Labute approximate surface area is 169 Å². The molecule has 10 heteroatoms. The second-order valence-corrected chi connectivity index (χ2v) is 8.78. The van der Waals surface area contributed by atoms with Crippen LogP contribution in [0.5, 0.6) is 11.5 Å². The molecule has 0 saturated carbocycles. The van der Waals surface area contributed by atoms with Crippen molar-refractivity contribution in [2.75, 3.05) is 12.3 Å². The van der Waals surface area contributed by atoms with Crippen LogP contribution in [0.3, 0.4) is 0 Å². The van der Waals surface area contributed by atoms with E-state index in [-0.39, 0.29) is 27.6 Å². The molecule has 1 aromatic heterocycles. The first-order valence-corrected chi connectivity index (χ1v) is 10.3. The normalized spacial score (nSPS) is 21.5. The van der Waals surface area contributed by atoms with Crippen LogP contribution < -0.4 is 15.0 Å². The second-order valence-electron chi connectivity index (χ2n) is 6.41. The first-order chi connectivity index (χ1) is 13.2. The molecule has 0 aliphatic carbocycles. The zero-order valence-electron chi connectivity index (χ0n) is 15.6. The fourth-order valence-corrected chi connectivity index (χ4v) is 6.08. The zero-order valence-corrected chi connectivity index (χ0v) is 17.2. The van der Waals surface area contributed by atoms with Crippen molar-refractivity contribution in [2.24, 2.45) is 5.73 Å². The van der Waals surface area contributed by atoms with Crippen molar-refractivity contribution >= 4 is 46.0 Å². The number of quaternary nitrogens is 1. The maximum absolute atomic E-state index is 12.9. The summed E-state index contributed by atoms with van der Waals surface area (Å²) in [5.41, 5.74) is 6.01. The predicted molar refractivity (Wildman–Crippen MR) is 107 cm³/mol. The lowest BCUT2D eigenvalue weighted by molar-refractivity contribution is -0.132. The minimum absolute atomic E-state index is 0.0116. The average molecular weight is 423 g/mol. The summed E-state index contributed by atoms with van der Waals surface area (Å²) < 4.78 is 4.98. The van der Waals surface area contributed by atoms with Crippen LogP contribution in [0, 0.1) is 6.92 Å². The van der Waals surface area contributed by atoms with Crippen molar-refractivity contribution < 1.29 is 24.2 Å². The number of primary amides is 1. The lowest BCUT2D eigenvalue weighted by atomic mass is 10.1. The molecule has 0 bridgehead atoms. The molecular formula is C18H20N3O5S2+. The monoisotopic (exact) mass is 422 g/mol. The third-order valence-corrected chi connectivity index (χ3v) is 7.02. The molecule has 2 unspecified atom stereocenters. The molecule has 1 aromatic carbocycles. The number of phenols is 1. The molecule has 2 heterocycles. The van der Waals surface area contributed by atoms with Crippen LogP contribution in [0.1, 0.15) is 40.2 Å². The van der Waals surface area contributed by atoms with Gasteiger partial charge in [0.05, 0.1) is 12.5 Å². The van der Waals surface area contributed by atoms with Gasteiger partial charge in [0.2, 0.25) is 0 Å². The van der Waals surface area contributed by atoms with Gasteiger partial charge in [0.15, 0.2) is 5.37 Å². The maximum atomic E-state index is 12.9. The van der Waals surface area contributed by atoms with E-state index >= 15 is 0 Å². The number of esters is 1. The minimum atomic E-state index is -0.648. The second kappa shape index (κ2) is 7.53. The summed E-state index contributed by atoms with van der Waals surface area (Å²) in [4.78, 5) is 40.8. The molecule has 148 valence electrons. The highest BCUT2D eigenvalue weighted by atomic mass is 32.2. The van der Waals surface area contributed by atoms with Crippen molar-refractivity contribution in [3.05, 3.63) is 34.3 Å². The first-order valence-electron chi connectivity index (χ1n) is 8.46. The van der Waals surface area contributed by atoms with Crippen LogP contribution in [0.15, 0.2) is 18.2 Å². The van der Waals surface area contributed by atoms with E-state index < -0.39 is 17.3 Å². The lowest BCUT2D eigenvalue weighted by Gasteiger charge is -2.33. The molecule has 0 spiro atoms. The van der Waals surface area contributed by atoms with Gasteiger partial charge >= 0.3 is 11.9 Å². The zero-order chi connectivity index (χ0) is 20.6. The highest BCUT2D eigenvalue weighted by molar-refractivity contribution is 7.99. The summed E-state index contributed by atoms with van der Waals surface area (Å²) in [5, 5.41) is 10.4. The molecule has 2 atom stereocenters. The Kier molecular flexibility index (Phi) is 5.46. The maximum Gasteiger partial charge on any atom is 0.318 e. The molecule has 2 aromatic rings. The number of ether oxygens (including phenoxy) is 1. The van der Waals surface area contributed by atoms with Crippen molar-refractivity contribution in [2.45, 2.75) is 26.1 Å². The van der Waals surface area contributed by atoms with Gasteiger partial charge in [-0.1, -0.05) is 23.1 Å². The third kappa shape index (κ3) is 3.38. The summed E-state index contributed by atoms with van der Waals surface area (Å²) in [7, 11) is 0. The number of rotatable bonds is 4. The van der Waals surface area contributed by atoms with Crippen LogP contribution in [-0.2, 0) is 9.59 Å². The van der Waals surface area contributed by atoms with E-state index in [9.17, 15) is 19.5 Å². The van der Waals surface area contributed by atoms with Crippen LogP contribution in [0.25, 0.3) is 0 Å². The molecule has 1 saturated heterocycles. The Bertz CT molecular complexity index is 974. The number of aryl methyl sites for hydroxylation is 1. The van der Waals surface area contributed by atoms with Gasteiger partial charge in [0.1, 0.15) is 23.7 Å². The molecule has 1 fully saturated rings. The van der Waals surface area contributed by atoms with Gasteiger partial charge in [0.25, 0.3) is 11.0 Å². The Morgan fingerprint density at radius 1 is 1.32 bits per heavy atom. The van der Waals surface area contributed by atoms with Crippen LogP contribution in [0.4, 0.5) is 5.13 Å². The van der Waals surface area contributed by atoms with E-state index in [1.807, 2.05) is 0 Å². The number of thiazole rings is 1. The van der Waals surface area contributed by atoms with Crippen molar-refractivity contribution in [3.63, 3.8) is 0 Å². The standard InChI is InChI=1S/C18H19N3O5S2/c1-9-15(16(19)25)20-18(28-9)21(10(2)22)6-7-27-17(21)13-8-12(26-11(3)23)4-5-14(13)24/h4-5,8,17H,6-7H2,1-3H3,(H2-,19,24,25)/p+1. The molecular weight excluding hydrogens is 402 g/mol. The smallest absolute Gasteiger partial charge is 0.318 e. The van der Waals surface area contributed by atoms with E-state index in [2.05, 4.69) is 4.98 Å². The Balaban J connectivity index is 2.15. The van der Waals surface area contributed by atoms with Gasteiger partial charge in [0, 0.05) is 17.6 Å². The number of amides is 2. The Hall–Kier alpha value is -2.43.